The fraction of sp³-hybridized carbons (Fsp3) is 0.167. The number of nitrogens with two attached hydrogens (primary N) is 2. The third kappa shape index (κ3) is 5.99. The summed E-state index contributed by atoms with van der Waals surface area (Å²) in [7, 11) is 3.98. The molecule has 3 rings (SSSR count). The van der Waals surface area contributed by atoms with Crippen LogP contribution in [0.1, 0.15) is 22.3 Å². The van der Waals surface area contributed by atoms with Crippen LogP contribution in [-0.4, -0.2) is 25.8 Å². The van der Waals surface area contributed by atoms with Gasteiger partial charge in [-0.15, -0.1) is 0 Å². The summed E-state index contributed by atoms with van der Waals surface area (Å²) in [6.07, 6.45) is 0. The number of nitrogens with one attached hydrogen (secondary N) is 2. The first kappa shape index (κ1) is 21.7. The summed E-state index contributed by atoms with van der Waals surface area (Å²) in [6, 6.07) is 20.5. The van der Waals surface area contributed by atoms with E-state index < -0.39 is 0 Å². The molecule has 0 unspecified atom stereocenters. The van der Waals surface area contributed by atoms with E-state index in [4.69, 9.17) is 31.8 Å². The van der Waals surface area contributed by atoms with Crippen LogP contribution in [0.15, 0.2) is 66.7 Å². The van der Waals surface area contributed by atoms with Crippen LogP contribution >= 0.6 is 0 Å². The maximum atomic E-state index is 7.47. The molecular weight excluding hydrogens is 390 g/mol. The highest BCUT2D eigenvalue weighted by molar-refractivity contribution is 5.95. The molecule has 0 spiro atoms. The standard InChI is InChI=1S/C24H27N5O2/c1-29(2)20-12-16(14-30-21-7-3-18(4-8-21)23(25)26)11-17(13-20)15-31-22-9-5-19(6-10-22)24(27)28/h3-13H,14-15H2,1-2H3,(H3,25,26)(H3,27,28). The van der Waals surface area contributed by atoms with Crippen LogP contribution in [0.5, 0.6) is 11.5 Å². The lowest BCUT2D eigenvalue weighted by Gasteiger charge is -2.17. The molecule has 0 aliphatic carbocycles. The summed E-state index contributed by atoms with van der Waals surface area (Å²) >= 11 is 0. The van der Waals surface area contributed by atoms with Crippen molar-refractivity contribution in [3.05, 3.63) is 89.0 Å². The van der Waals surface area contributed by atoms with Gasteiger partial charge in [0, 0.05) is 30.9 Å². The Morgan fingerprint density at radius 3 is 1.42 bits per heavy atom. The van der Waals surface area contributed by atoms with Crippen LogP contribution < -0.4 is 25.8 Å². The molecule has 0 fully saturated rings. The zero-order valence-corrected chi connectivity index (χ0v) is 17.7. The van der Waals surface area contributed by atoms with E-state index in [2.05, 4.69) is 18.2 Å². The molecular formula is C24H27N5O2. The van der Waals surface area contributed by atoms with Crippen molar-refractivity contribution in [3.8, 4) is 11.5 Å². The van der Waals surface area contributed by atoms with Gasteiger partial charge >= 0.3 is 0 Å². The second kappa shape index (κ2) is 9.67. The molecule has 7 heteroatoms. The number of hydrogen-bond donors (Lipinski definition) is 4. The van der Waals surface area contributed by atoms with Gasteiger partial charge in [-0.2, -0.15) is 0 Å². The van der Waals surface area contributed by atoms with Crippen molar-refractivity contribution in [2.75, 3.05) is 19.0 Å². The lowest BCUT2D eigenvalue weighted by molar-refractivity contribution is 0.300. The predicted octanol–water partition coefficient (Wildman–Crippen LogP) is 3.48. The summed E-state index contributed by atoms with van der Waals surface area (Å²) in [5.41, 5.74) is 15.4. The Labute approximate surface area is 182 Å². The number of rotatable bonds is 9. The first-order valence-electron chi connectivity index (χ1n) is 9.76. The molecule has 6 N–H and O–H groups in total. The van der Waals surface area contributed by atoms with E-state index in [-0.39, 0.29) is 11.7 Å². The fourth-order valence-corrected chi connectivity index (χ4v) is 2.96. The molecule has 3 aromatic rings. The van der Waals surface area contributed by atoms with Gasteiger partial charge in [-0.3, -0.25) is 10.8 Å². The second-order valence-corrected chi connectivity index (χ2v) is 7.36. The van der Waals surface area contributed by atoms with E-state index in [9.17, 15) is 0 Å². The number of nitrogen functional groups attached to an aromatic ring is 2. The van der Waals surface area contributed by atoms with E-state index in [1.807, 2.05) is 19.0 Å². The fourth-order valence-electron chi connectivity index (χ4n) is 2.96. The average Bonchev–Trinajstić information content (AvgIpc) is 2.76. The first-order chi connectivity index (χ1) is 14.8. The van der Waals surface area contributed by atoms with Gasteiger partial charge in [0.1, 0.15) is 36.4 Å². The third-order valence-corrected chi connectivity index (χ3v) is 4.70. The monoisotopic (exact) mass is 417 g/mol. The smallest absolute Gasteiger partial charge is 0.122 e. The quantitative estimate of drug-likeness (QED) is 0.314. The Bertz CT molecular complexity index is 981. The molecule has 0 aliphatic heterocycles. The van der Waals surface area contributed by atoms with Crippen molar-refractivity contribution in [1.29, 1.82) is 10.8 Å². The molecule has 0 amide bonds. The molecule has 0 radical (unpaired) electrons. The van der Waals surface area contributed by atoms with Crippen LogP contribution in [0.2, 0.25) is 0 Å². The molecule has 160 valence electrons. The molecule has 0 aromatic heterocycles. The maximum absolute atomic E-state index is 7.47. The van der Waals surface area contributed by atoms with Crippen LogP contribution in [0.4, 0.5) is 5.69 Å². The number of nitrogens with zero attached hydrogens (tertiary/aromatic N) is 1. The number of amidine groups is 2. The van der Waals surface area contributed by atoms with Gasteiger partial charge in [0.2, 0.25) is 0 Å². The van der Waals surface area contributed by atoms with Gasteiger partial charge in [0.25, 0.3) is 0 Å². The molecule has 0 saturated heterocycles. The Morgan fingerprint density at radius 2 is 1.10 bits per heavy atom. The molecule has 7 nitrogen and oxygen atoms in total. The predicted molar refractivity (Wildman–Crippen MR) is 124 cm³/mol. The molecule has 3 aromatic carbocycles. The highest BCUT2D eigenvalue weighted by Gasteiger charge is 2.06. The largest absolute Gasteiger partial charge is 0.489 e. The summed E-state index contributed by atoms with van der Waals surface area (Å²) in [5, 5.41) is 14.9. The van der Waals surface area contributed by atoms with E-state index in [0.29, 0.717) is 35.8 Å². The van der Waals surface area contributed by atoms with Crippen LogP contribution in [0, 0.1) is 10.8 Å². The van der Waals surface area contributed by atoms with Gasteiger partial charge in [0.15, 0.2) is 0 Å². The lowest BCUT2D eigenvalue weighted by Crippen LogP contribution is -2.11. The molecule has 31 heavy (non-hydrogen) atoms. The number of benzene rings is 3. The molecule has 0 heterocycles. The van der Waals surface area contributed by atoms with Gasteiger partial charge in [-0.25, -0.2) is 0 Å². The molecule has 0 saturated carbocycles. The summed E-state index contributed by atoms with van der Waals surface area (Å²) in [4.78, 5) is 2.04. The first-order valence-corrected chi connectivity index (χ1v) is 9.76. The van der Waals surface area contributed by atoms with Crippen LogP contribution in [0.25, 0.3) is 0 Å². The molecule has 0 aliphatic rings. The van der Waals surface area contributed by atoms with Crippen molar-refractivity contribution >= 4 is 17.4 Å². The maximum Gasteiger partial charge on any atom is 0.122 e. The number of ether oxygens (including phenoxy) is 2. The Hall–Kier alpha value is -4.00. The van der Waals surface area contributed by atoms with Gasteiger partial charge < -0.3 is 25.8 Å². The average molecular weight is 418 g/mol. The second-order valence-electron chi connectivity index (χ2n) is 7.36. The number of anilines is 1. The summed E-state index contributed by atoms with van der Waals surface area (Å²) < 4.78 is 11.8. The van der Waals surface area contributed by atoms with E-state index >= 15 is 0 Å². The highest BCUT2D eigenvalue weighted by atomic mass is 16.5. The number of hydrogen-bond acceptors (Lipinski definition) is 5. The van der Waals surface area contributed by atoms with Crippen molar-refractivity contribution in [2.24, 2.45) is 11.5 Å². The summed E-state index contributed by atoms with van der Waals surface area (Å²) in [5.74, 6) is 1.49. The van der Waals surface area contributed by atoms with Crippen molar-refractivity contribution in [2.45, 2.75) is 13.2 Å². The third-order valence-electron chi connectivity index (χ3n) is 4.70. The topological polar surface area (TPSA) is 121 Å². The van der Waals surface area contributed by atoms with Crippen LogP contribution in [0.3, 0.4) is 0 Å². The van der Waals surface area contributed by atoms with Crippen molar-refractivity contribution in [3.63, 3.8) is 0 Å². The Morgan fingerprint density at radius 1 is 0.710 bits per heavy atom. The van der Waals surface area contributed by atoms with E-state index in [1.54, 1.807) is 48.5 Å². The Balaban J connectivity index is 1.69. The normalized spacial score (nSPS) is 10.4. The van der Waals surface area contributed by atoms with E-state index in [0.717, 1.165) is 16.8 Å². The summed E-state index contributed by atoms with van der Waals surface area (Å²) in [6.45, 7) is 0.808. The Kier molecular flexibility index (Phi) is 6.77. The lowest BCUT2D eigenvalue weighted by atomic mass is 10.1. The molecule has 0 atom stereocenters. The SMILES string of the molecule is CN(C)c1cc(COc2ccc(C(=N)N)cc2)cc(COc2ccc(C(=N)N)cc2)c1. The van der Waals surface area contributed by atoms with Gasteiger partial charge in [-0.1, -0.05) is 0 Å². The minimum atomic E-state index is 0.0332. The zero-order valence-electron chi connectivity index (χ0n) is 17.7. The van der Waals surface area contributed by atoms with E-state index in [1.165, 1.54) is 0 Å². The minimum absolute atomic E-state index is 0.0332. The van der Waals surface area contributed by atoms with Gasteiger partial charge in [0.05, 0.1) is 0 Å². The zero-order chi connectivity index (χ0) is 22.4. The van der Waals surface area contributed by atoms with Crippen LogP contribution in [-0.2, 0) is 13.2 Å². The van der Waals surface area contributed by atoms with Gasteiger partial charge in [-0.05, 0) is 77.9 Å². The van der Waals surface area contributed by atoms with Crippen molar-refractivity contribution in [1.82, 2.24) is 0 Å². The minimum Gasteiger partial charge on any atom is -0.489 e. The highest BCUT2D eigenvalue weighted by Crippen LogP contribution is 2.22. The van der Waals surface area contributed by atoms with Crippen molar-refractivity contribution < 1.29 is 9.47 Å². The molecule has 0 bridgehead atoms.